The van der Waals surface area contributed by atoms with Gasteiger partial charge in [-0.15, -0.1) is 0 Å². The first-order valence-corrected chi connectivity index (χ1v) is 9.32. The molecule has 1 fully saturated rings. The second kappa shape index (κ2) is 9.67. The molecule has 24 heavy (non-hydrogen) atoms. The number of benzene rings is 1. The number of ether oxygens (including phenoxy) is 1. The zero-order valence-electron chi connectivity index (χ0n) is 15.4. The average molecular weight is 332 g/mol. The van der Waals surface area contributed by atoms with Crippen molar-refractivity contribution < 1.29 is 9.53 Å². The van der Waals surface area contributed by atoms with E-state index >= 15 is 0 Å². The third kappa shape index (κ3) is 6.16. The van der Waals surface area contributed by atoms with E-state index in [0.717, 1.165) is 36.7 Å². The van der Waals surface area contributed by atoms with Crippen molar-refractivity contribution in [1.82, 2.24) is 10.2 Å². The van der Waals surface area contributed by atoms with E-state index in [1.54, 1.807) is 0 Å². The van der Waals surface area contributed by atoms with Crippen molar-refractivity contribution in [3.63, 3.8) is 0 Å². The fraction of sp³-hybridized carbons (Fsp3) is 0.650. The minimum atomic E-state index is -0.414. The predicted octanol–water partition coefficient (Wildman–Crippen LogP) is 3.39. The molecule has 4 nitrogen and oxygen atoms in total. The molecule has 1 amide bonds. The molecule has 134 valence electrons. The quantitative estimate of drug-likeness (QED) is 0.742. The number of carbonyl (C=O) groups is 1. The summed E-state index contributed by atoms with van der Waals surface area (Å²) in [4.78, 5) is 14.8. The van der Waals surface area contributed by atoms with Gasteiger partial charge < -0.3 is 15.0 Å². The van der Waals surface area contributed by atoms with Crippen LogP contribution in [0.1, 0.15) is 45.1 Å². The van der Waals surface area contributed by atoms with Gasteiger partial charge in [-0.2, -0.15) is 0 Å². The first-order valence-electron chi connectivity index (χ1n) is 9.32. The molecular weight excluding hydrogens is 300 g/mol. The topological polar surface area (TPSA) is 41.6 Å². The number of hydrogen-bond donors (Lipinski definition) is 1. The van der Waals surface area contributed by atoms with Gasteiger partial charge in [-0.25, -0.2) is 0 Å². The van der Waals surface area contributed by atoms with E-state index in [1.165, 1.54) is 25.9 Å². The lowest BCUT2D eigenvalue weighted by Crippen LogP contribution is -2.40. The lowest BCUT2D eigenvalue weighted by Gasteiger charge is -2.30. The molecule has 1 N–H and O–H groups in total. The van der Waals surface area contributed by atoms with E-state index in [2.05, 4.69) is 17.1 Å². The van der Waals surface area contributed by atoms with Gasteiger partial charge in [-0.05, 0) is 75.9 Å². The summed E-state index contributed by atoms with van der Waals surface area (Å²) in [5, 5.41) is 3.03. The number of carbonyl (C=O) groups excluding carboxylic acids is 1. The maximum atomic E-state index is 12.3. The van der Waals surface area contributed by atoms with E-state index in [1.807, 2.05) is 38.1 Å². The lowest BCUT2D eigenvalue weighted by molar-refractivity contribution is -0.128. The number of piperidine rings is 1. The highest BCUT2D eigenvalue weighted by atomic mass is 16.5. The normalized spacial score (nSPS) is 17.5. The van der Waals surface area contributed by atoms with E-state index in [9.17, 15) is 4.79 Å². The summed E-state index contributed by atoms with van der Waals surface area (Å²) in [6, 6.07) is 7.84. The van der Waals surface area contributed by atoms with Crippen LogP contribution in [-0.4, -0.2) is 43.1 Å². The molecule has 1 aliphatic rings. The van der Waals surface area contributed by atoms with E-state index in [-0.39, 0.29) is 5.91 Å². The van der Waals surface area contributed by atoms with E-state index in [4.69, 9.17) is 4.74 Å². The summed E-state index contributed by atoms with van der Waals surface area (Å²) in [5.41, 5.74) is 1.14. The Labute approximate surface area is 146 Å². The zero-order chi connectivity index (χ0) is 17.4. The van der Waals surface area contributed by atoms with E-state index < -0.39 is 6.10 Å². The second-order valence-corrected chi connectivity index (χ2v) is 7.00. The molecule has 0 aromatic heterocycles. The highest BCUT2D eigenvalue weighted by Crippen LogP contribution is 2.16. The summed E-state index contributed by atoms with van der Waals surface area (Å²) in [5.74, 6) is 1.62. The summed E-state index contributed by atoms with van der Waals surface area (Å²) >= 11 is 0. The van der Waals surface area contributed by atoms with Gasteiger partial charge in [0.2, 0.25) is 0 Å². The van der Waals surface area contributed by atoms with Crippen LogP contribution in [-0.2, 0) is 4.79 Å². The number of amides is 1. The molecule has 1 unspecified atom stereocenters. The maximum absolute atomic E-state index is 12.3. The zero-order valence-corrected chi connectivity index (χ0v) is 15.4. The van der Waals surface area contributed by atoms with Crippen molar-refractivity contribution >= 4 is 5.91 Å². The van der Waals surface area contributed by atoms with Gasteiger partial charge in [0.05, 0.1) is 0 Å². The molecule has 0 saturated carbocycles. The monoisotopic (exact) mass is 332 g/mol. The van der Waals surface area contributed by atoms with Crippen LogP contribution < -0.4 is 10.1 Å². The van der Waals surface area contributed by atoms with Crippen molar-refractivity contribution in [2.75, 3.05) is 26.2 Å². The molecule has 1 saturated heterocycles. The van der Waals surface area contributed by atoms with Gasteiger partial charge in [0.15, 0.2) is 6.10 Å². The van der Waals surface area contributed by atoms with Crippen LogP contribution in [0, 0.1) is 12.8 Å². The van der Waals surface area contributed by atoms with Crippen molar-refractivity contribution in [3.05, 3.63) is 29.8 Å². The Bertz CT molecular complexity index is 510. The summed E-state index contributed by atoms with van der Waals surface area (Å²) in [6.07, 6.45) is 3.86. The lowest BCUT2D eigenvalue weighted by atomic mass is 9.99. The van der Waals surface area contributed by atoms with Crippen molar-refractivity contribution in [3.8, 4) is 5.75 Å². The molecular formula is C20H32N2O2. The molecule has 0 radical (unpaired) electrons. The van der Waals surface area contributed by atoms with Crippen molar-refractivity contribution in [2.24, 2.45) is 5.92 Å². The SMILES string of the molecule is CCC(Oc1cccc(C)c1)C(=O)NCCCN1CCC(C)CC1. The van der Waals surface area contributed by atoms with Crippen LogP contribution in [0.4, 0.5) is 0 Å². The van der Waals surface area contributed by atoms with Gasteiger partial charge in [0.25, 0.3) is 5.91 Å². The Morgan fingerprint density at radius 2 is 2.12 bits per heavy atom. The van der Waals surface area contributed by atoms with Crippen molar-refractivity contribution in [2.45, 2.75) is 52.6 Å². The fourth-order valence-corrected chi connectivity index (χ4v) is 3.09. The molecule has 1 heterocycles. The third-order valence-corrected chi connectivity index (χ3v) is 4.76. The molecule has 2 rings (SSSR count). The number of aryl methyl sites for hydroxylation is 1. The fourth-order valence-electron chi connectivity index (χ4n) is 3.09. The molecule has 1 aliphatic heterocycles. The average Bonchev–Trinajstić information content (AvgIpc) is 2.58. The smallest absolute Gasteiger partial charge is 0.261 e. The minimum absolute atomic E-state index is 0.00808. The van der Waals surface area contributed by atoms with Crippen LogP contribution in [0.25, 0.3) is 0 Å². The molecule has 1 aromatic carbocycles. The summed E-state index contributed by atoms with van der Waals surface area (Å²) in [7, 11) is 0. The van der Waals surface area contributed by atoms with Gasteiger partial charge in [0.1, 0.15) is 5.75 Å². The Morgan fingerprint density at radius 3 is 2.79 bits per heavy atom. The first kappa shape index (κ1) is 18.8. The molecule has 0 spiro atoms. The minimum Gasteiger partial charge on any atom is -0.481 e. The third-order valence-electron chi connectivity index (χ3n) is 4.76. The number of hydrogen-bond acceptors (Lipinski definition) is 3. The van der Waals surface area contributed by atoms with Crippen LogP contribution in [0.15, 0.2) is 24.3 Å². The highest BCUT2D eigenvalue weighted by molar-refractivity contribution is 5.81. The van der Waals surface area contributed by atoms with E-state index in [0.29, 0.717) is 6.42 Å². The van der Waals surface area contributed by atoms with Gasteiger partial charge in [-0.3, -0.25) is 4.79 Å². The number of nitrogens with one attached hydrogen (secondary N) is 1. The molecule has 0 bridgehead atoms. The largest absolute Gasteiger partial charge is 0.481 e. The van der Waals surface area contributed by atoms with Gasteiger partial charge in [0, 0.05) is 6.54 Å². The van der Waals surface area contributed by atoms with Crippen LogP contribution >= 0.6 is 0 Å². The van der Waals surface area contributed by atoms with Gasteiger partial charge in [-0.1, -0.05) is 26.0 Å². The maximum Gasteiger partial charge on any atom is 0.261 e. The molecule has 1 aromatic rings. The molecule has 0 aliphatic carbocycles. The highest BCUT2D eigenvalue weighted by Gasteiger charge is 2.18. The Balaban J connectivity index is 1.68. The number of rotatable bonds is 8. The first-order chi connectivity index (χ1) is 11.6. The second-order valence-electron chi connectivity index (χ2n) is 7.00. The Kier molecular flexibility index (Phi) is 7.57. The van der Waals surface area contributed by atoms with Crippen molar-refractivity contribution in [1.29, 1.82) is 0 Å². The van der Waals surface area contributed by atoms with Gasteiger partial charge >= 0.3 is 0 Å². The standard InChI is InChI=1S/C20H32N2O2/c1-4-19(24-18-8-5-7-17(3)15-18)20(23)21-11-6-12-22-13-9-16(2)10-14-22/h5,7-8,15-16,19H,4,6,9-14H2,1-3H3,(H,21,23). The van der Waals surface area contributed by atoms with Crippen LogP contribution in [0.2, 0.25) is 0 Å². The molecule has 4 heteroatoms. The number of nitrogens with zero attached hydrogens (tertiary/aromatic N) is 1. The van der Waals surface area contributed by atoms with Crippen LogP contribution in [0.5, 0.6) is 5.75 Å². The Hall–Kier alpha value is -1.55. The number of likely N-dealkylation sites (tertiary alicyclic amines) is 1. The summed E-state index contributed by atoms with van der Waals surface area (Å²) in [6.45, 7) is 10.5. The Morgan fingerprint density at radius 1 is 1.38 bits per heavy atom. The molecule has 1 atom stereocenters. The van der Waals surface area contributed by atoms with Crippen LogP contribution in [0.3, 0.4) is 0 Å². The predicted molar refractivity (Wildman–Crippen MR) is 98.4 cm³/mol. The summed E-state index contributed by atoms with van der Waals surface area (Å²) < 4.78 is 5.84.